The molecule has 1 amide bonds. The number of rotatable bonds is 8. The standard InChI is InChI=1S/C24H22N4O4S/c1-3-32-19-10-9-16(11-20(19)31-2)13-26-27-22(29)14-28-15-25-23-18(24(28)30)12-21(33-23)17-7-5-4-6-8-17/h4-13,15H,3,14H2,1-2H3,(H,27,29)/b26-13-. The summed E-state index contributed by atoms with van der Waals surface area (Å²) in [5.74, 6) is 0.766. The van der Waals surface area contributed by atoms with Crippen LogP contribution in [-0.2, 0) is 11.3 Å². The van der Waals surface area contributed by atoms with Gasteiger partial charge in [0.15, 0.2) is 11.5 Å². The maximum Gasteiger partial charge on any atom is 0.262 e. The molecule has 0 saturated heterocycles. The van der Waals surface area contributed by atoms with Crippen molar-refractivity contribution in [1.29, 1.82) is 0 Å². The number of hydrogen-bond donors (Lipinski definition) is 1. The lowest BCUT2D eigenvalue weighted by Gasteiger charge is -2.09. The third-order valence-corrected chi connectivity index (χ3v) is 5.87. The topological polar surface area (TPSA) is 94.8 Å². The van der Waals surface area contributed by atoms with Crippen LogP contribution in [0.4, 0.5) is 0 Å². The van der Waals surface area contributed by atoms with Gasteiger partial charge in [0, 0.05) is 4.88 Å². The third kappa shape index (κ3) is 5.09. The number of amides is 1. The highest BCUT2D eigenvalue weighted by Gasteiger charge is 2.12. The Hall–Kier alpha value is -3.98. The Kier molecular flexibility index (Phi) is 6.80. The Morgan fingerprint density at radius 2 is 2.00 bits per heavy atom. The number of thiophene rings is 1. The van der Waals surface area contributed by atoms with E-state index in [1.54, 1.807) is 25.3 Å². The Bertz CT molecular complexity index is 1360. The molecule has 0 saturated carbocycles. The summed E-state index contributed by atoms with van der Waals surface area (Å²) in [5, 5.41) is 4.46. The second kappa shape index (κ2) is 10.1. The number of methoxy groups -OCH3 is 1. The van der Waals surface area contributed by atoms with Crippen molar-refractivity contribution in [2.45, 2.75) is 13.5 Å². The molecule has 0 fully saturated rings. The number of hydrogen-bond acceptors (Lipinski definition) is 7. The van der Waals surface area contributed by atoms with E-state index in [2.05, 4.69) is 15.5 Å². The van der Waals surface area contributed by atoms with Crippen LogP contribution in [0, 0.1) is 0 Å². The molecular formula is C24H22N4O4S. The summed E-state index contributed by atoms with van der Waals surface area (Å²) in [6.45, 7) is 2.23. The number of nitrogens with one attached hydrogen (secondary N) is 1. The van der Waals surface area contributed by atoms with Crippen molar-refractivity contribution in [2.24, 2.45) is 5.10 Å². The number of aromatic nitrogens is 2. The lowest BCUT2D eigenvalue weighted by molar-refractivity contribution is -0.121. The van der Waals surface area contributed by atoms with Gasteiger partial charge >= 0.3 is 0 Å². The van der Waals surface area contributed by atoms with Crippen LogP contribution < -0.4 is 20.5 Å². The van der Waals surface area contributed by atoms with Gasteiger partial charge in [0.05, 0.1) is 31.6 Å². The zero-order chi connectivity index (χ0) is 23.2. The molecule has 0 spiro atoms. The molecule has 168 valence electrons. The molecule has 0 bridgehead atoms. The van der Waals surface area contributed by atoms with Crippen LogP contribution in [0.15, 0.2) is 70.8 Å². The normalized spacial score (nSPS) is 11.1. The number of benzene rings is 2. The largest absolute Gasteiger partial charge is 0.493 e. The second-order valence-electron chi connectivity index (χ2n) is 7.01. The van der Waals surface area contributed by atoms with Gasteiger partial charge in [0.1, 0.15) is 11.4 Å². The van der Waals surface area contributed by atoms with Gasteiger partial charge < -0.3 is 9.47 Å². The average Bonchev–Trinajstić information content (AvgIpc) is 3.28. The Labute approximate surface area is 194 Å². The van der Waals surface area contributed by atoms with Crippen molar-refractivity contribution in [3.05, 3.63) is 76.8 Å². The summed E-state index contributed by atoms with van der Waals surface area (Å²) in [4.78, 5) is 31.1. The highest BCUT2D eigenvalue weighted by atomic mass is 32.1. The van der Waals surface area contributed by atoms with Crippen molar-refractivity contribution >= 4 is 33.7 Å². The quantitative estimate of drug-likeness (QED) is 0.318. The van der Waals surface area contributed by atoms with E-state index in [1.807, 2.05) is 43.3 Å². The van der Waals surface area contributed by atoms with E-state index >= 15 is 0 Å². The fourth-order valence-electron chi connectivity index (χ4n) is 3.23. The van der Waals surface area contributed by atoms with Gasteiger partial charge in [0.2, 0.25) is 0 Å². The number of nitrogens with zero attached hydrogens (tertiary/aromatic N) is 3. The third-order valence-electron chi connectivity index (χ3n) is 4.78. The number of ether oxygens (including phenoxy) is 2. The molecule has 0 radical (unpaired) electrons. The first kappa shape index (κ1) is 22.2. The molecule has 33 heavy (non-hydrogen) atoms. The highest BCUT2D eigenvalue weighted by Crippen LogP contribution is 2.30. The predicted octanol–water partition coefficient (Wildman–Crippen LogP) is 3.68. The van der Waals surface area contributed by atoms with E-state index in [9.17, 15) is 9.59 Å². The van der Waals surface area contributed by atoms with Crippen molar-refractivity contribution in [3.8, 4) is 21.9 Å². The van der Waals surface area contributed by atoms with Crippen LogP contribution in [0.2, 0.25) is 0 Å². The zero-order valence-electron chi connectivity index (χ0n) is 18.1. The molecule has 0 aliphatic heterocycles. The highest BCUT2D eigenvalue weighted by molar-refractivity contribution is 7.21. The lowest BCUT2D eigenvalue weighted by Crippen LogP contribution is -2.29. The van der Waals surface area contributed by atoms with E-state index in [1.165, 1.54) is 28.4 Å². The van der Waals surface area contributed by atoms with Crippen molar-refractivity contribution in [2.75, 3.05) is 13.7 Å². The summed E-state index contributed by atoms with van der Waals surface area (Å²) in [6, 6.07) is 16.9. The first-order valence-corrected chi connectivity index (χ1v) is 11.1. The fourth-order valence-corrected chi connectivity index (χ4v) is 4.22. The summed E-state index contributed by atoms with van der Waals surface area (Å²) < 4.78 is 12.1. The van der Waals surface area contributed by atoms with Crippen LogP contribution in [0.1, 0.15) is 12.5 Å². The van der Waals surface area contributed by atoms with E-state index in [-0.39, 0.29) is 12.1 Å². The molecule has 4 rings (SSSR count). The number of hydrazone groups is 1. The molecule has 9 heteroatoms. The summed E-state index contributed by atoms with van der Waals surface area (Å²) in [6.07, 6.45) is 2.88. The molecule has 8 nitrogen and oxygen atoms in total. The minimum atomic E-state index is -0.439. The zero-order valence-corrected chi connectivity index (χ0v) is 19.0. The van der Waals surface area contributed by atoms with Crippen LogP contribution in [0.25, 0.3) is 20.7 Å². The maximum absolute atomic E-state index is 12.8. The molecular weight excluding hydrogens is 440 g/mol. The Balaban J connectivity index is 1.45. The minimum Gasteiger partial charge on any atom is -0.493 e. The van der Waals surface area contributed by atoms with Gasteiger partial charge in [0.25, 0.3) is 11.5 Å². The Morgan fingerprint density at radius 1 is 1.18 bits per heavy atom. The first-order valence-electron chi connectivity index (χ1n) is 10.3. The molecule has 0 aliphatic carbocycles. The second-order valence-corrected chi connectivity index (χ2v) is 8.04. The van der Waals surface area contributed by atoms with Gasteiger partial charge in [-0.05, 0) is 42.3 Å². The predicted molar refractivity (Wildman–Crippen MR) is 129 cm³/mol. The van der Waals surface area contributed by atoms with E-state index in [0.29, 0.717) is 28.3 Å². The van der Waals surface area contributed by atoms with E-state index in [0.717, 1.165) is 16.0 Å². The lowest BCUT2D eigenvalue weighted by atomic mass is 10.2. The van der Waals surface area contributed by atoms with Gasteiger partial charge in [-0.25, -0.2) is 10.4 Å². The monoisotopic (exact) mass is 462 g/mol. The molecule has 2 aromatic carbocycles. The van der Waals surface area contributed by atoms with Gasteiger partial charge in [-0.15, -0.1) is 11.3 Å². The van der Waals surface area contributed by atoms with Crippen LogP contribution in [-0.4, -0.2) is 35.4 Å². The fraction of sp³-hybridized carbons (Fsp3) is 0.167. The molecule has 4 aromatic rings. The number of carbonyl (C=O) groups excluding carboxylic acids is 1. The molecule has 1 N–H and O–H groups in total. The molecule has 0 aliphatic rings. The van der Waals surface area contributed by atoms with Crippen LogP contribution in [0.5, 0.6) is 11.5 Å². The summed E-state index contributed by atoms with van der Waals surface area (Å²) in [7, 11) is 1.55. The van der Waals surface area contributed by atoms with Crippen molar-refractivity contribution < 1.29 is 14.3 Å². The molecule has 2 heterocycles. The van der Waals surface area contributed by atoms with Gasteiger partial charge in [-0.1, -0.05) is 30.3 Å². The SMILES string of the molecule is CCOc1ccc(/C=N\NC(=O)Cn2cnc3sc(-c4ccccc4)cc3c2=O)cc1OC. The van der Waals surface area contributed by atoms with Crippen LogP contribution >= 0.6 is 11.3 Å². The number of fused-ring (bicyclic) bond motifs is 1. The Morgan fingerprint density at radius 3 is 2.76 bits per heavy atom. The maximum atomic E-state index is 12.8. The summed E-state index contributed by atoms with van der Waals surface area (Å²) >= 11 is 1.44. The van der Waals surface area contributed by atoms with Gasteiger partial charge in [-0.3, -0.25) is 14.2 Å². The van der Waals surface area contributed by atoms with E-state index in [4.69, 9.17) is 9.47 Å². The van der Waals surface area contributed by atoms with Crippen molar-refractivity contribution in [1.82, 2.24) is 15.0 Å². The van der Waals surface area contributed by atoms with E-state index < -0.39 is 5.91 Å². The number of carbonyl (C=O) groups is 1. The van der Waals surface area contributed by atoms with Crippen molar-refractivity contribution in [3.63, 3.8) is 0 Å². The average molecular weight is 463 g/mol. The minimum absolute atomic E-state index is 0.192. The first-order chi connectivity index (χ1) is 16.1. The molecule has 2 aromatic heterocycles. The van der Waals surface area contributed by atoms with Crippen LogP contribution in [0.3, 0.4) is 0 Å². The molecule has 0 atom stereocenters. The van der Waals surface area contributed by atoms with Gasteiger partial charge in [-0.2, -0.15) is 5.10 Å². The summed E-state index contributed by atoms with van der Waals surface area (Å²) in [5.41, 5.74) is 3.91. The molecule has 0 unspecified atom stereocenters. The smallest absolute Gasteiger partial charge is 0.262 e.